The zero-order valence-electron chi connectivity index (χ0n) is 10.4. The van der Waals surface area contributed by atoms with Gasteiger partial charge in [0.2, 0.25) is 0 Å². The first-order valence-electron chi connectivity index (χ1n) is 5.79. The molecule has 0 radical (unpaired) electrons. The molecule has 98 valence electrons. The molecular formula is C15H19KO3. The Kier molecular flexibility index (Phi) is 11.5. The fourth-order valence-electron chi connectivity index (χ4n) is 1.11. The summed E-state index contributed by atoms with van der Waals surface area (Å²) in [5.74, 6) is 1.74. The summed E-state index contributed by atoms with van der Waals surface area (Å²) in [6.45, 7) is 1.39. The summed E-state index contributed by atoms with van der Waals surface area (Å²) in [7, 11) is 0. The number of rotatable bonds is 3. The van der Waals surface area contributed by atoms with E-state index in [-0.39, 0.29) is 58.0 Å². The second-order valence-corrected chi connectivity index (χ2v) is 3.76. The fraction of sp³-hybridized carbons (Fsp3) is 0.200. The molecule has 0 aliphatic rings. The number of benzene rings is 2. The molecule has 0 aliphatic carbocycles. The van der Waals surface area contributed by atoms with Crippen molar-refractivity contribution in [1.82, 2.24) is 0 Å². The smallest absolute Gasteiger partial charge is 0.127 e. The van der Waals surface area contributed by atoms with Gasteiger partial charge < -0.3 is 14.9 Å². The Labute approximate surface area is 156 Å². The molecular weight excluding hydrogens is 267 g/mol. The second-order valence-electron chi connectivity index (χ2n) is 3.76. The van der Waals surface area contributed by atoms with Gasteiger partial charge in [-0.3, -0.25) is 0 Å². The number of aliphatic hydroxyl groups excluding tert-OH is 2. The summed E-state index contributed by atoms with van der Waals surface area (Å²) in [6.07, 6.45) is -0.560. The average Bonchev–Trinajstić information content (AvgIpc) is 2.42. The monoisotopic (exact) mass is 286 g/mol. The first-order chi connectivity index (χ1) is 8.72. The van der Waals surface area contributed by atoms with Crippen LogP contribution in [0.1, 0.15) is 6.92 Å². The summed E-state index contributed by atoms with van der Waals surface area (Å²) in [5.41, 5.74) is 0. The molecule has 0 bridgehead atoms. The summed E-state index contributed by atoms with van der Waals surface area (Å²) in [6, 6.07) is 19.5. The summed E-state index contributed by atoms with van der Waals surface area (Å²) >= 11 is 0. The molecule has 0 aromatic heterocycles. The molecule has 2 rings (SSSR count). The number of ether oxygens (including phenoxy) is 1. The molecule has 19 heavy (non-hydrogen) atoms. The van der Waals surface area contributed by atoms with E-state index < -0.39 is 6.10 Å². The van der Waals surface area contributed by atoms with Gasteiger partial charge in [-0.25, -0.2) is 0 Å². The normalized spacial score (nSPS) is 10.5. The van der Waals surface area contributed by atoms with Gasteiger partial charge in [0.1, 0.15) is 11.5 Å². The van der Waals surface area contributed by atoms with E-state index >= 15 is 0 Å². The maximum Gasteiger partial charge on any atom is 0.127 e. The zero-order chi connectivity index (χ0) is 13.2. The van der Waals surface area contributed by atoms with Crippen molar-refractivity contribution in [3.8, 4) is 11.5 Å². The van der Waals surface area contributed by atoms with Crippen molar-refractivity contribution in [3.63, 3.8) is 0 Å². The van der Waals surface area contributed by atoms with E-state index in [0.29, 0.717) is 0 Å². The molecule has 0 saturated carbocycles. The van der Waals surface area contributed by atoms with Crippen LogP contribution >= 0.6 is 0 Å². The van der Waals surface area contributed by atoms with E-state index in [0.717, 1.165) is 11.5 Å². The van der Waals surface area contributed by atoms with E-state index in [4.69, 9.17) is 14.9 Å². The maximum absolute atomic E-state index is 8.11. The van der Waals surface area contributed by atoms with E-state index in [1.54, 1.807) is 0 Å². The van der Waals surface area contributed by atoms with Crippen molar-refractivity contribution >= 4 is 51.4 Å². The molecule has 1 unspecified atom stereocenters. The summed E-state index contributed by atoms with van der Waals surface area (Å²) in [5, 5.41) is 16.0. The number of aliphatic hydroxyl groups is 2. The Morgan fingerprint density at radius 1 is 0.895 bits per heavy atom. The minimum Gasteiger partial charge on any atom is -0.457 e. The van der Waals surface area contributed by atoms with Crippen LogP contribution < -0.4 is 4.74 Å². The molecule has 1 atom stereocenters. The standard InChI is InChI=1S/C12H10O.C3H8O2.K.H/c1-3-7-11(8-4-1)13-12-9-5-2-6-10-12;1-3(5)2-4;;/h1-10H;3-5H,2H2,1H3;;. The van der Waals surface area contributed by atoms with Gasteiger partial charge in [0.05, 0.1) is 12.7 Å². The van der Waals surface area contributed by atoms with Crippen LogP contribution in [0.15, 0.2) is 60.7 Å². The Morgan fingerprint density at radius 3 is 1.47 bits per heavy atom. The van der Waals surface area contributed by atoms with Crippen molar-refractivity contribution in [2.24, 2.45) is 0 Å². The Bertz CT molecular complexity index is 380. The van der Waals surface area contributed by atoms with Crippen LogP contribution in [0.4, 0.5) is 0 Å². The zero-order valence-corrected chi connectivity index (χ0v) is 10.4. The first-order valence-corrected chi connectivity index (χ1v) is 5.79. The maximum atomic E-state index is 8.11. The molecule has 2 aromatic rings. The minimum absolute atomic E-state index is 0. The molecule has 0 aliphatic heterocycles. The predicted molar refractivity (Wildman–Crippen MR) is 78.9 cm³/mol. The minimum atomic E-state index is -0.560. The molecule has 0 amide bonds. The Balaban J connectivity index is 0.000000471. The first kappa shape index (κ1) is 18.8. The van der Waals surface area contributed by atoms with Crippen LogP contribution in [0.2, 0.25) is 0 Å². The van der Waals surface area contributed by atoms with Crippen molar-refractivity contribution in [1.29, 1.82) is 0 Å². The molecule has 0 heterocycles. The number of para-hydroxylation sites is 2. The van der Waals surface area contributed by atoms with Crippen molar-refractivity contribution in [2.45, 2.75) is 13.0 Å². The number of hydrogen-bond acceptors (Lipinski definition) is 3. The van der Waals surface area contributed by atoms with Crippen molar-refractivity contribution in [3.05, 3.63) is 60.7 Å². The molecule has 0 saturated heterocycles. The van der Waals surface area contributed by atoms with Crippen LogP contribution in [-0.2, 0) is 0 Å². The molecule has 3 nitrogen and oxygen atoms in total. The quantitative estimate of drug-likeness (QED) is 0.850. The van der Waals surface area contributed by atoms with E-state index in [1.807, 2.05) is 60.7 Å². The third-order valence-corrected chi connectivity index (χ3v) is 1.99. The third-order valence-electron chi connectivity index (χ3n) is 1.99. The van der Waals surface area contributed by atoms with Gasteiger partial charge in [-0.1, -0.05) is 36.4 Å². The van der Waals surface area contributed by atoms with Crippen LogP contribution in [0.3, 0.4) is 0 Å². The van der Waals surface area contributed by atoms with E-state index in [9.17, 15) is 0 Å². The summed E-state index contributed by atoms with van der Waals surface area (Å²) in [4.78, 5) is 0. The van der Waals surface area contributed by atoms with Crippen molar-refractivity contribution < 1.29 is 14.9 Å². The topological polar surface area (TPSA) is 49.7 Å². The molecule has 2 N–H and O–H groups in total. The van der Waals surface area contributed by atoms with E-state index in [1.165, 1.54) is 6.92 Å². The molecule has 4 heteroatoms. The molecule has 2 aromatic carbocycles. The van der Waals surface area contributed by atoms with Gasteiger partial charge in [-0.2, -0.15) is 0 Å². The SMILES string of the molecule is CC(O)CO.[KH].c1ccc(Oc2ccccc2)cc1. The van der Waals surface area contributed by atoms with Gasteiger partial charge in [0.25, 0.3) is 0 Å². The Hall–Kier alpha value is -0.204. The predicted octanol–water partition coefficient (Wildman–Crippen LogP) is 2.19. The van der Waals surface area contributed by atoms with Crippen molar-refractivity contribution in [2.75, 3.05) is 6.61 Å². The van der Waals surface area contributed by atoms with Gasteiger partial charge in [-0.05, 0) is 31.2 Å². The molecule has 0 fully saturated rings. The molecule has 0 spiro atoms. The fourth-order valence-corrected chi connectivity index (χ4v) is 1.11. The van der Waals surface area contributed by atoms with Crippen LogP contribution in [0.5, 0.6) is 11.5 Å². The average molecular weight is 286 g/mol. The second kappa shape index (κ2) is 11.6. The van der Waals surface area contributed by atoms with E-state index in [2.05, 4.69) is 0 Å². The van der Waals surface area contributed by atoms with Crippen LogP contribution in [0, 0.1) is 0 Å². The largest absolute Gasteiger partial charge is 0.457 e. The van der Waals surface area contributed by atoms with Gasteiger partial charge >= 0.3 is 51.4 Å². The van der Waals surface area contributed by atoms with Gasteiger partial charge in [-0.15, -0.1) is 0 Å². The van der Waals surface area contributed by atoms with Crippen LogP contribution in [-0.4, -0.2) is 74.3 Å². The summed E-state index contributed by atoms with van der Waals surface area (Å²) < 4.78 is 5.58. The van der Waals surface area contributed by atoms with Gasteiger partial charge in [0.15, 0.2) is 0 Å². The van der Waals surface area contributed by atoms with Crippen LogP contribution in [0.25, 0.3) is 0 Å². The van der Waals surface area contributed by atoms with Gasteiger partial charge in [0, 0.05) is 0 Å². The third kappa shape index (κ3) is 9.35. The number of hydrogen-bond donors (Lipinski definition) is 2. The Morgan fingerprint density at radius 2 is 1.21 bits per heavy atom.